The van der Waals surface area contributed by atoms with E-state index in [1.807, 2.05) is 54.6 Å². The van der Waals surface area contributed by atoms with Crippen LogP contribution in [0.15, 0.2) is 78.9 Å². The molecular weight excluding hydrogens is 410 g/mol. The van der Waals surface area contributed by atoms with E-state index in [9.17, 15) is 4.79 Å². The van der Waals surface area contributed by atoms with E-state index in [0.717, 1.165) is 48.6 Å². The molecule has 1 heterocycles. The van der Waals surface area contributed by atoms with Crippen LogP contribution in [0.2, 0.25) is 0 Å². The van der Waals surface area contributed by atoms with E-state index < -0.39 is 0 Å². The summed E-state index contributed by atoms with van der Waals surface area (Å²) in [5, 5.41) is 0. The van der Waals surface area contributed by atoms with Crippen molar-refractivity contribution in [3.05, 3.63) is 95.6 Å². The number of ketones is 1. The normalized spacial score (nSPS) is 22.2. The minimum absolute atomic E-state index is 0.178. The van der Waals surface area contributed by atoms with Crippen molar-refractivity contribution in [2.24, 2.45) is 11.8 Å². The summed E-state index contributed by atoms with van der Waals surface area (Å²) in [6, 6.07) is 25.9. The molecular formula is C29H31NO3. The third kappa shape index (κ3) is 5.45. The molecule has 0 amide bonds. The topological polar surface area (TPSA) is 38.8 Å². The maximum atomic E-state index is 12.8. The first-order valence-electron chi connectivity index (χ1n) is 11.9. The van der Waals surface area contributed by atoms with E-state index in [1.54, 1.807) is 0 Å². The van der Waals surface area contributed by atoms with E-state index in [0.29, 0.717) is 31.1 Å². The van der Waals surface area contributed by atoms with E-state index in [-0.39, 0.29) is 5.78 Å². The summed E-state index contributed by atoms with van der Waals surface area (Å²) in [5.41, 5.74) is 3.13. The van der Waals surface area contributed by atoms with Gasteiger partial charge in [0.25, 0.3) is 0 Å². The van der Waals surface area contributed by atoms with E-state index in [4.69, 9.17) is 9.47 Å². The van der Waals surface area contributed by atoms with Crippen molar-refractivity contribution < 1.29 is 14.3 Å². The number of hydrogen-bond acceptors (Lipinski definition) is 4. The van der Waals surface area contributed by atoms with Crippen LogP contribution >= 0.6 is 0 Å². The molecule has 0 spiro atoms. The third-order valence-electron chi connectivity index (χ3n) is 6.90. The predicted octanol–water partition coefficient (Wildman–Crippen LogP) is 5.55. The number of rotatable bonds is 8. The van der Waals surface area contributed by atoms with Gasteiger partial charge in [0.1, 0.15) is 18.1 Å². The summed E-state index contributed by atoms with van der Waals surface area (Å²) in [5.74, 6) is 3.18. The lowest BCUT2D eigenvalue weighted by atomic mass is 10.0. The van der Waals surface area contributed by atoms with Crippen molar-refractivity contribution in [2.75, 3.05) is 19.6 Å². The number of likely N-dealkylation sites (tertiary alicyclic amines) is 1. The molecule has 0 aromatic heterocycles. The van der Waals surface area contributed by atoms with Crippen molar-refractivity contribution >= 4 is 5.78 Å². The van der Waals surface area contributed by atoms with Gasteiger partial charge < -0.3 is 9.47 Å². The number of ether oxygens (including phenoxy) is 2. The molecule has 3 aromatic rings. The average molecular weight is 442 g/mol. The molecule has 0 bridgehead atoms. The molecule has 0 N–H and O–H groups in total. The number of fused-ring (bicyclic) bond motifs is 1. The minimum Gasteiger partial charge on any atom is -0.490 e. The fourth-order valence-electron chi connectivity index (χ4n) is 5.15. The Morgan fingerprint density at radius 1 is 0.848 bits per heavy atom. The minimum atomic E-state index is 0.178. The molecule has 1 saturated carbocycles. The van der Waals surface area contributed by atoms with Gasteiger partial charge in [-0.15, -0.1) is 0 Å². The Labute approximate surface area is 196 Å². The van der Waals surface area contributed by atoms with Crippen molar-refractivity contribution in [3.63, 3.8) is 0 Å². The summed E-state index contributed by atoms with van der Waals surface area (Å²) in [4.78, 5) is 15.2. The van der Waals surface area contributed by atoms with Crippen molar-refractivity contribution in [1.82, 2.24) is 4.90 Å². The molecule has 1 saturated heterocycles. The Morgan fingerprint density at radius 2 is 1.48 bits per heavy atom. The van der Waals surface area contributed by atoms with Gasteiger partial charge >= 0.3 is 0 Å². The lowest BCUT2D eigenvalue weighted by Crippen LogP contribution is -2.30. The Balaban J connectivity index is 1.08. The summed E-state index contributed by atoms with van der Waals surface area (Å²) in [6.07, 6.45) is 2.46. The van der Waals surface area contributed by atoms with Crippen LogP contribution < -0.4 is 9.47 Å². The first kappa shape index (κ1) is 21.7. The maximum absolute atomic E-state index is 12.8. The third-order valence-corrected chi connectivity index (χ3v) is 6.90. The highest BCUT2D eigenvalue weighted by Gasteiger charge is 2.42. The van der Waals surface area contributed by atoms with Gasteiger partial charge in [-0.05, 0) is 73.6 Å². The monoisotopic (exact) mass is 441 g/mol. The van der Waals surface area contributed by atoms with Gasteiger partial charge in [-0.2, -0.15) is 0 Å². The average Bonchev–Trinajstić information content (AvgIpc) is 3.38. The number of carbonyl (C=O) groups is 1. The second-order valence-corrected chi connectivity index (χ2v) is 9.46. The summed E-state index contributed by atoms with van der Waals surface area (Å²) < 4.78 is 12.0. The first-order chi connectivity index (χ1) is 16.1. The number of nitrogens with zero attached hydrogens (tertiary/aromatic N) is 1. The van der Waals surface area contributed by atoms with E-state index in [1.165, 1.54) is 5.56 Å². The Kier molecular flexibility index (Phi) is 6.45. The number of Topliss-reactive ketones (excluding diaryl/α,β-unsaturated/α-hetero) is 1. The highest BCUT2D eigenvalue weighted by atomic mass is 16.5. The smallest absolute Gasteiger partial charge is 0.176 e. The number of hydrogen-bond donors (Lipinski definition) is 0. The number of benzene rings is 3. The molecule has 3 atom stereocenters. The van der Waals surface area contributed by atoms with E-state index >= 15 is 0 Å². The zero-order chi connectivity index (χ0) is 22.6. The highest BCUT2D eigenvalue weighted by Crippen LogP contribution is 2.39. The van der Waals surface area contributed by atoms with Crippen LogP contribution in [0.25, 0.3) is 0 Å². The second kappa shape index (κ2) is 9.80. The number of carbonyl (C=O) groups excluding carboxylic acids is 1. The molecule has 1 aliphatic carbocycles. The lowest BCUT2D eigenvalue weighted by Gasteiger charge is -2.19. The fraction of sp³-hybridized carbons (Fsp3) is 0.345. The standard InChI is InChI=1S/C29H31NO3/c1-21-7-11-27(12-8-21)33-28-15-24-17-30(18-25(24)16-28)19-29(31)23-9-13-26(14-10-23)32-20-22-5-3-2-4-6-22/h2-14,24-25,28H,15-20H2,1H3/t24-,25+,28?. The highest BCUT2D eigenvalue weighted by molar-refractivity contribution is 5.97. The SMILES string of the molecule is Cc1ccc(OC2C[C@@H]3CN(CC(=O)c4ccc(OCc5ccccc5)cc4)C[C@@H]3C2)cc1. The molecule has 3 aromatic carbocycles. The van der Waals surface area contributed by atoms with Gasteiger partial charge in [-0.1, -0.05) is 48.0 Å². The molecule has 2 aliphatic rings. The summed E-state index contributed by atoms with van der Waals surface area (Å²) >= 11 is 0. The summed E-state index contributed by atoms with van der Waals surface area (Å²) in [7, 11) is 0. The quantitative estimate of drug-likeness (QED) is 0.430. The number of aryl methyl sites for hydroxylation is 1. The molecule has 4 heteroatoms. The van der Waals surface area contributed by atoms with Crippen LogP contribution in [0.3, 0.4) is 0 Å². The molecule has 33 heavy (non-hydrogen) atoms. The van der Waals surface area contributed by atoms with Crippen LogP contribution in [0.4, 0.5) is 0 Å². The zero-order valence-corrected chi connectivity index (χ0v) is 19.2. The van der Waals surface area contributed by atoms with Crippen LogP contribution in [-0.4, -0.2) is 36.4 Å². The van der Waals surface area contributed by atoms with Crippen molar-refractivity contribution in [1.29, 1.82) is 0 Å². The van der Waals surface area contributed by atoms with Crippen LogP contribution in [0.1, 0.15) is 34.3 Å². The molecule has 5 rings (SSSR count). The predicted molar refractivity (Wildman–Crippen MR) is 130 cm³/mol. The Bertz CT molecular complexity index is 1050. The lowest BCUT2D eigenvalue weighted by molar-refractivity contribution is 0.0936. The molecule has 0 radical (unpaired) electrons. The van der Waals surface area contributed by atoms with Gasteiger partial charge in [-0.3, -0.25) is 9.69 Å². The van der Waals surface area contributed by atoms with E-state index in [2.05, 4.69) is 36.1 Å². The largest absolute Gasteiger partial charge is 0.490 e. The maximum Gasteiger partial charge on any atom is 0.176 e. The Hall–Kier alpha value is -3.11. The van der Waals surface area contributed by atoms with Gasteiger partial charge in [0.15, 0.2) is 5.78 Å². The first-order valence-corrected chi connectivity index (χ1v) is 11.9. The van der Waals surface area contributed by atoms with Gasteiger partial charge in [-0.25, -0.2) is 0 Å². The fourth-order valence-corrected chi connectivity index (χ4v) is 5.15. The Morgan fingerprint density at radius 3 is 2.15 bits per heavy atom. The summed E-state index contributed by atoms with van der Waals surface area (Å²) in [6.45, 7) is 5.08. The molecule has 1 aliphatic heterocycles. The molecule has 1 unspecified atom stereocenters. The molecule has 4 nitrogen and oxygen atoms in total. The van der Waals surface area contributed by atoms with Crippen LogP contribution in [0, 0.1) is 18.8 Å². The zero-order valence-electron chi connectivity index (χ0n) is 19.2. The van der Waals surface area contributed by atoms with Gasteiger partial charge in [0.2, 0.25) is 0 Å². The van der Waals surface area contributed by atoms with Gasteiger partial charge in [0, 0.05) is 18.7 Å². The van der Waals surface area contributed by atoms with Gasteiger partial charge in [0.05, 0.1) is 12.6 Å². The van der Waals surface area contributed by atoms with Crippen molar-refractivity contribution in [3.8, 4) is 11.5 Å². The molecule has 2 fully saturated rings. The van der Waals surface area contributed by atoms with Crippen LogP contribution in [-0.2, 0) is 6.61 Å². The second-order valence-electron chi connectivity index (χ2n) is 9.46. The van der Waals surface area contributed by atoms with Crippen molar-refractivity contribution in [2.45, 2.75) is 32.5 Å². The van der Waals surface area contributed by atoms with Crippen LogP contribution in [0.5, 0.6) is 11.5 Å². The molecule has 170 valence electrons.